The largest absolute Gasteiger partial charge is 0.361 e. The molecule has 0 atom stereocenters. The molecule has 4 heterocycles. The Hall–Kier alpha value is -2.12. The number of halogens is 1. The highest BCUT2D eigenvalue weighted by Gasteiger charge is 2.17. The van der Waals surface area contributed by atoms with Gasteiger partial charge in [0, 0.05) is 38.0 Å². The first-order chi connectivity index (χ1) is 11.7. The predicted octanol–water partition coefficient (Wildman–Crippen LogP) is 2.51. The van der Waals surface area contributed by atoms with Crippen LogP contribution in [0, 0.1) is 5.92 Å². The summed E-state index contributed by atoms with van der Waals surface area (Å²) in [5.41, 5.74) is 3.02. The van der Waals surface area contributed by atoms with Crippen LogP contribution in [0.5, 0.6) is 0 Å². The number of hydrogen-bond donors (Lipinski definition) is 1. The number of nitrogens with one attached hydrogen (secondary N) is 1. The molecule has 3 aromatic heterocycles. The second kappa shape index (κ2) is 7.41. The van der Waals surface area contributed by atoms with Crippen molar-refractivity contribution in [1.29, 1.82) is 0 Å². The van der Waals surface area contributed by atoms with Crippen molar-refractivity contribution in [2.75, 3.05) is 6.54 Å². The number of imidazole rings is 1. The summed E-state index contributed by atoms with van der Waals surface area (Å²) in [5, 5.41) is 12.2. The molecule has 3 aromatic rings. The van der Waals surface area contributed by atoms with Crippen molar-refractivity contribution in [2.45, 2.75) is 39.9 Å². The third-order valence-electron chi connectivity index (χ3n) is 4.16. The lowest BCUT2D eigenvalue weighted by Gasteiger charge is -2.13. The van der Waals surface area contributed by atoms with Crippen LogP contribution in [0.1, 0.15) is 31.0 Å². The third kappa shape index (κ3) is 3.77. The average molecular weight is 363 g/mol. The lowest BCUT2D eigenvalue weighted by atomic mass is 10.1. The van der Waals surface area contributed by atoms with E-state index < -0.39 is 0 Å². The molecule has 8 heteroatoms. The lowest BCUT2D eigenvalue weighted by Crippen LogP contribution is -2.28. The van der Waals surface area contributed by atoms with Crippen LogP contribution in [0.4, 0.5) is 0 Å². The van der Waals surface area contributed by atoms with E-state index >= 15 is 0 Å². The summed E-state index contributed by atoms with van der Waals surface area (Å²) < 4.78 is 9.55. The summed E-state index contributed by atoms with van der Waals surface area (Å²) in [6.07, 6.45) is 4.67. The highest BCUT2D eigenvalue weighted by molar-refractivity contribution is 5.85. The monoisotopic (exact) mass is 362 g/mol. The summed E-state index contributed by atoms with van der Waals surface area (Å²) in [5.74, 6) is 2.36. The minimum absolute atomic E-state index is 0. The lowest BCUT2D eigenvalue weighted by molar-refractivity contribution is 0.362. The fraction of sp³-hybridized carbons (Fsp3) is 0.471. The third-order valence-corrected chi connectivity index (χ3v) is 4.16. The number of nitrogens with zero attached hydrogens (tertiary/aromatic N) is 5. The minimum atomic E-state index is 0. The van der Waals surface area contributed by atoms with Gasteiger partial charge in [0.05, 0.1) is 18.8 Å². The SMILES string of the molecule is CC(C)Cc1cc(Cn2ccnc2-c2cc3n(n2)CCNC3)no1.Cl. The van der Waals surface area contributed by atoms with Crippen LogP contribution in [0.3, 0.4) is 0 Å². The first-order valence-corrected chi connectivity index (χ1v) is 8.42. The van der Waals surface area contributed by atoms with Gasteiger partial charge in [-0.1, -0.05) is 19.0 Å². The molecule has 0 aliphatic carbocycles. The van der Waals surface area contributed by atoms with E-state index in [2.05, 4.69) is 49.7 Å². The van der Waals surface area contributed by atoms with Crippen LogP contribution in [0.2, 0.25) is 0 Å². The summed E-state index contributed by atoms with van der Waals surface area (Å²) in [6, 6.07) is 4.14. The van der Waals surface area contributed by atoms with E-state index in [0.29, 0.717) is 12.5 Å². The van der Waals surface area contributed by atoms with Crippen LogP contribution in [-0.4, -0.2) is 31.0 Å². The molecule has 0 saturated heterocycles. The smallest absolute Gasteiger partial charge is 0.160 e. The highest BCUT2D eigenvalue weighted by Crippen LogP contribution is 2.20. The van der Waals surface area contributed by atoms with Crippen molar-refractivity contribution in [1.82, 2.24) is 29.8 Å². The van der Waals surface area contributed by atoms with Gasteiger partial charge in [0.15, 0.2) is 5.82 Å². The maximum atomic E-state index is 5.42. The minimum Gasteiger partial charge on any atom is -0.361 e. The molecule has 7 nitrogen and oxygen atoms in total. The maximum Gasteiger partial charge on any atom is 0.160 e. The van der Waals surface area contributed by atoms with E-state index in [4.69, 9.17) is 4.52 Å². The molecule has 4 rings (SSSR count). The molecule has 0 aromatic carbocycles. The first-order valence-electron chi connectivity index (χ1n) is 8.42. The number of rotatable bonds is 5. The van der Waals surface area contributed by atoms with Gasteiger partial charge in [-0.15, -0.1) is 12.4 Å². The van der Waals surface area contributed by atoms with Gasteiger partial charge < -0.3 is 14.4 Å². The van der Waals surface area contributed by atoms with Crippen molar-refractivity contribution >= 4 is 12.4 Å². The summed E-state index contributed by atoms with van der Waals surface area (Å²) in [6.45, 7) is 7.70. The Labute approximate surface area is 152 Å². The molecule has 0 saturated carbocycles. The molecule has 0 radical (unpaired) electrons. The van der Waals surface area contributed by atoms with Gasteiger partial charge in [0.25, 0.3) is 0 Å². The van der Waals surface area contributed by atoms with Gasteiger partial charge in [-0.3, -0.25) is 4.68 Å². The average Bonchev–Trinajstić information content (AvgIpc) is 3.26. The van der Waals surface area contributed by atoms with Gasteiger partial charge in [0.2, 0.25) is 0 Å². The van der Waals surface area contributed by atoms with E-state index in [1.165, 1.54) is 5.69 Å². The molecular formula is C17H23ClN6O. The van der Waals surface area contributed by atoms with Crippen molar-refractivity contribution < 1.29 is 4.52 Å². The molecule has 25 heavy (non-hydrogen) atoms. The summed E-state index contributed by atoms with van der Waals surface area (Å²) in [4.78, 5) is 4.49. The highest BCUT2D eigenvalue weighted by atomic mass is 35.5. The van der Waals surface area contributed by atoms with Gasteiger partial charge in [-0.25, -0.2) is 4.98 Å². The Kier molecular flexibility index (Phi) is 5.24. The van der Waals surface area contributed by atoms with Crippen LogP contribution in [0.25, 0.3) is 11.5 Å². The van der Waals surface area contributed by atoms with Crippen LogP contribution < -0.4 is 5.32 Å². The van der Waals surface area contributed by atoms with Crippen LogP contribution in [-0.2, 0) is 26.1 Å². The Morgan fingerprint density at radius 1 is 1.32 bits per heavy atom. The van der Waals surface area contributed by atoms with Gasteiger partial charge in [-0.2, -0.15) is 5.10 Å². The second-order valence-electron chi connectivity index (χ2n) is 6.68. The summed E-state index contributed by atoms with van der Waals surface area (Å²) in [7, 11) is 0. The topological polar surface area (TPSA) is 73.7 Å². The zero-order valence-electron chi connectivity index (χ0n) is 14.5. The fourth-order valence-corrected chi connectivity index (χ4v) is 3.08. The molecule has 134 valence electrons. The number of fused-ring (bicyclic) bond motifs is 1. The molecule has 0 bridgehead atoms. The summed E-state index contributed by atoms with van der Waals surface area (Å²) >= 11 is 0. The fourth-order valence-electron chi connectivity index (χ4n) is 3.08. The maximum absolute atomic E-state index is 5.42. The standard InChI is InChI=1S/C17H22N6O.ClH/c1-12(2)7-15-8-13(21-24-15)11-22-5-4-19-17(22)16-9-14-10-18-3-6-23(14)20-16;/h4-5,8-9,12,18H,3,6-7,10-11H2,1-2H3;1H. The Morgan fingerprint density at radius 2 is 2.20 bits per heavy atom. The van der Waals surface area contributed by atoms with E-state index in [0.717, 1.165) is 49.0 Å². The molecule has 0 amide bonds. The van der Waals surface area contributed by atoms with Crippen molar-refractivity contribution in [3.05, 3.63) is 41.7 Å². The van der Waals surface area contributed by atoms with E-state index in [-0.39, 0.29) is 12.4 Å². The zero-order valence-corrected chi connectivity index (χ0v) is 15.3. The normalized spacial score (nSPS) is 13.7. The van der Waals surface area contributed by atoms with E-state index in [1.807, 2.05) is 12.3 Å². The molecular weight excluding hydrogens is 340 g/mol. The molecule has 0 unspecified atom stereocenters. The number of hydrogen-bond acceptors (Lipinski definition) is 5. The van der Waals surface area contributed by atoms with Crippen LogP contribution >= 0.6 is 12.4 Å². The molecule has 1 N–H and O–H groups in total. The van der Waals surface area contributed by atoms with E-state index in [1.54, 1.807) is 6.20 Å². The Bertz CT molecular complexity index is 810. The molecule has 0 fully saturated rings. The molecule has 1 aliphatic heterocycles. The molecule has 0 spiro atoms. The predicted molar refractivity (Wildman–Crippen MR) is 96.5 cm³/mol. The molecule has 1 aliphatic rings. The Morgan fingerprint density at radius 3 is 3.00 bits per heavy atom. The van der Waals surface area contributed by atoms with Gasteiger partial charge >= 0.3 is 0 Å². The van der Waals surface area contributed by atoms with Crippen molar-refractivity contribution in [3.8, 4) is 11.5 Å². The number of aromatic nitrogens is 5. The van der Waals surface area contributed by atoms with Gasteiger partial charge in [0.1, 0.15) is 17.1 Å². The van der Waals surface area contributed by atoms with Gasteiger partial charge in [-0.05, 0) is 12.0 Å². The second-order valence-corrected chi connectivity index (χ2v) is 6.68. The Balaban J connectivity index is 0.00000182. The quantitative estimate of drug-likeness (QED) is 0.754. The first kappa shape index (κ1) is 17.7. The van der Waals surface area contributed by atoms with E-state index in [9.17, 15) is 0 Å². The van der Waals surface area contributed by atoms with Crippen molar-refractivity contribution in [2.24, 2.45) is 5.92 Å². The zero-order chi connectivity index (χ0) is 16.5. The van der Waals surface area contributed by atoms with Crippen molar-refractivity contribution in [3.63, 3.8) is 0 Å². The van der Waals surface area contributed by atoms with Crippen LogP contribution in [0.15, 0.2) is 29.0 Å².